The second-order valence-electron chi connectivity index (χ2n) is 4.34. The van der Waals surface area contributed by atoms with Gasteiger partial charge in [0.05, 0.1) is 0 Å². The highest BCUT2D eigenvalue weighted by molar-refractivity contribution is 5.85. The van der Waals surface area contributed by atoms with E-state index in [1.165, 1.54) is 27.7 Å². The maximum Gasteiger partial charge on any atom is 0.330 e. The van der Waals surface area contributed by atoms with Gasteiger partial charge in [0.2, 0.25) is 0 Å². The molecule has 0 radical (unpaired) electrons. The zero-order valence-corrected chi connectivity index (χ0v) is 14.7. The minimum Gasteiger partial charge on any atom is -0.478 e. The van der Waals surface area contributed by atoms with E-state index in [0.29, 0.717) is 0 Å². The molecule has 0 amide bonds. The van der Waals surface area contributed by atoms with E-state index in [0.717, 1.165) is 0 Å². The summed E-state index contributed by atoms with van der Waals surface area (Å²) in [5.41, 5.74) is 0.704. The fourth-order valence-electron chi connectivity index (χ4n) is 0. The molecule has 0 atom stereocenters. The van der Waals surface area contributed by atoms with Crippen LogP contribution in [0.25, 0.3) is 0 Å². The van der Waals surface area contributed by atoms with E-state index in [1.807, 2.05) is 0 Å². The maximum absolute atomic E-state index is 9.60. The lowest BCUT2D eigenvalue weighted by Gasteiger charge is -1.79. The number of carboxylic acids is 4. The fourth-order valence-corrected chi connectivity index (χ4v) is 0. The summed E-state index contributed by atoms with van der Waals surface area (Å²) < 4.78 is 0. The van der Waals surface area contributed by atoms with Crippen molar-refractivity contribution in [2.45, 2.75) is 27.7 Å². The van der Waals surface area contributed by atoms with Gasteiger partial charge in [0.25, 0.3) is 0 Å². The van der Waals surface area contributed by atoms with Gasteiger partial charge >= 0.3 is 23.9 Å². The lowest BCUT2D eigenvalue weighted by molar-refractivity contribution is -0.133. The van der Waals surface area contributed by atoms with Gasteiger partial charge in [0, 0.05) is 22.3 Å². The van der Waals surface area contributed by atoms with Crippen molar-refractivity contribution in [3.05, 3.63) is 48.6 Å². The van der Waals surface area contributed by atoms with E-state index in [1.54, 1.807) is 0 Å². The Morgan fingerprint density at radius 3 is 0.538 bits per heavy atom. The Labute approximate surface area is 156 Å². The van der Waals surface area contributed by atoms with Crippen LogP contribution >= 0.6 is 0 Å². The molecule has 8 nitrogen and oxygen atoms in total. The number of hydrogen-bond donors (Lipinski definition) is 4. The van der Waals surface area contributed by atoms with Crippen LogP contribution in [0.5, 0.6) is 0 Å². The van der Waals surface area contributed by atoms with Crippen molar-refractivity contribution in [1.82, 2.24) is 0 Å². The van der Waals surface area contributed by atoms with Crippen molar-refractivity contribution in [2.75, 3.05) is 0 Å². The molecule has 0 saturated carbocycles. The molecule has 152 valence electrons. The lowest BCUT2D eigenvalue weighted by Crippen LogP contribution is -1.92. The van der Waals surface area contributed by atoms with Gasteiger partial charge in [-0.15, -0.1) is 0 Å². The number of aliphatic carboxylic acids is 4. The molecule has 0 spiro atoms. The molecule has 0 aliphatic carbocycles. The van der Waals surface area contributed by atoms with Gasteiger partial charge in [0.1, 0.15) is 0 Å². The Balaban J connectivity index is -0.0000000500. The predicted octanol–water partition coefficient (Wildman–Crippen LogP) is 1.29. The lowest BCUT2D eigenvalue weighted by atomic mass is 10.4. The first-order chi connectivity index (χ1) is 10.6. The van der Waals surface area contributed by atoms with Gasteiger partial charge in [-0.05, 0) is 38.7 Å². The Morgan fingerprint density at radius 1 is 0.500 bits per heavy atom. The molecule has 0 aromatic heterocycles. The second kappa shape index (κ2) is 22.0. The summed E-state index contributed by atoms with van der Waals surface area (Å²) >= 11 is 0. The van der Waals surface area contributed by atoms with Crippen molar-refractivity contribution in [2.24, 2.45) is 0 Å². The smallest absolute Gasteiger partial charge is 0.330 e. The minimum absolute atomic E-state index is 0. The van der Waals surface area contributed by atoms with E-state index < -0.39 is 23.9 Å². The molecule has 0 rings (SSSR count). The van der Waals surface area contributed by atoms with Gasteiger partial charge in [-0.25, -0.2) is 19.2 Å². The standard InChI is InChI=1S/4C4H6O2.FH.H4Si/c4*1-3(2)4(5)6;;/h4*1H2,2H3,(H,5,6);1H;1H4. The molecule has 0 aromatic rings. The summed E-state index contributed by atoms with van der Waals surface area (Å²) in [4.78, 5) is 38.4. The third-order valence-electron chi connectivity index (χ3n) is 1.46. The van der Waals surface area contributed by atoms with Crippen LogP contribution in [0.3, 0.4) is 0 Å². The van der Waals surface area contributed by atoms with Crippen LogP contribution in [0.1, 0.15) is 27.7 Å². The molecule has 26 heavy (non-hydrogen) atoms. The van der Waals surface area contributed by atoms with Crippen LogP contribution in [0, 0.1) is 0 Å². The molecule has 0 saturated heterocycles. The molecule has 0 aliphatic rings. The molecular formula is C16H29FO8Si. The van der Waals surface area contributed by atoms with Crippen molar-refractivity contribution in [3.8, 4) is 0 Å². The SMILES string of the molecule is C=C(C)C(=O)O.C=C(C)C(=O)O.C=C(C)C(=O)O.C=C(C)C(=O)O.F.[SiH4]. The number of rotatable bonds is 4. The second-order valence-corrected chi connectivity index (χ2v) is 4.34. The third-order valence-corrected chi connectivity index (χ3v) is 1.46. The highest BCUT2D eigenvalue weighted by atomic mass is 28.1. The van der Waals surface area contributed by atoms with Gasteiger partial charge in [-0.2, -0.15) is 0 Å². The molecule has 0 heterocycles. The van der Waals surface area contributed by atoms with Crippen LogP contribution in [0.2, 0.25) is 0 Å². The largest absolute Gasteiger partial charge is 0.478 e. The predicted molar refractivity (Wildman–Crippen MR) is 104 cm³/mol. The molecule has 0 aromatic carbocycles. The molecule has 10 heteroatoms. The summed E-state index contributed by atoms with van der Waals surface area (Å²) in [6, 6.07) is 0. The number of carbonyl (C=O) groups is 4. The topological polar surface area (TPSA) is 149 Å². The summed E-state index contributed by atoms with van der Waals surface area (Å²) in [6.07, 6.45) is 0. The first kappa shape index (κ1) is 38.5. The van der Waals surface area contributed by atoms with E-state index in [4.69, 9.17) is 20.4 Å². The van der Waals surface area contributed by atoms with Gasteiger partial charge in [0.15, 0.2) is 0 Å². The van der Waals surface area contributed by atoms with Crippen LogP contribution in [-0.4, -0.2) is 55.3 Å². The quantitative estimate of drug-likeness (QED) is 0.410. The van der Waals surface area contributed by atoms with Crippen molar-refractivity contribution in [3.63, 3.8) is 0 Å². The minimum atomic E-state index is -0.935. The number of halogens is 1. The first-order valence-electron chi connectivity index (χ1n) is 6.13. The molecule has 0 bridgehead atoms. The molecule has 4 N–H and O–H groups in total. The van der Waals surface area contributed by atoms with Crippen LogP contribution < -0.4 is 0 Å². The van der Waals surface area contributed by atoms with E-state index in [-0.39, 0.29) is 38.0 Å². The first-order valence-corrected chi connectivity index (χ1v) is 6.13. The van der Waals surface area contributed by atoms with Crippen LogP contribution in [-0.2, 0) is 19.2 Å². The molecule has 0 unspecified atom stereocenters. The normalized spacial score (nSPS) is 6.92. The van der Waals surface area contributed by atoms with Crippen molar-refractivity contribution >= 4 is 34.8 Å². The average molecular weight is 396 g/mol. The number of hydrogen-bond acceptors (Lipinski definition) is 4. The van der Waals surface area contributed by atoms with E-state index >= 15 is 0 Å². The highest BCUT2D eigenvalue weighted by Gasteiger charge is 1.91. The van der Waals surface area contributed by atoms with Crippen molar-refractivity contribution in [1.29, 1.82) is 0 Å². The Hall–Kier alpha value is -3.01. The highest BCUT2D eigenvalue weighted by Crippen LogP contribution is 1.82. The van der Waals surface area contributed by atoms with Crippen LogP contribution in [0.15, 0.2) is 48.6 Å². The zero-order valence-electron chi connectivity index (χ0n) is 14.7. The monoisotopic (exact) mass is 396 g/mol. The third kappa shape index (κ3) is 49.7. The molecule has 0 aliphatic heterocycles. The maximum atomic E-state index is 9.60. The summed E-state index contributed by atoms with van der Waals surface area (Å²) in [5.74, 6) is -3.74. The number of carboxylic acid groups (broad SMARTS) is 4. The Morgan fingerprint density at radius 2 is 0.538 bits per heavy atom. The van der Waals surface area contributed by atoms with Gasteiger partial charge < -0.3 is 20.4 Å². The summed E-state index contributed by atoms with van der Waals surface area (Å²) in [5, 5.41) is 31.6. The summed E-state index contributed by atoms with van der Waals surface area (Å²) in [6.45, 7) is 18.4. The Kier molecular flexibility index (Phi) is 32.6. The van der Waals surface area contributed by atoms with Crippen molar-refractivity contribution < 1.29 is 44.3 Å². The summed E-state index contributed by atoms with van der Waals surface area (Å²) in [7, 11) is 0. The molecule has 0 fully saturated rings. The van der Waals surface area contributed by atoms with E-state index in [9.17, 15) is 19.2 Å². The van der Waals surface area contributed by atoms with E-state index in [2.05, 4.69) is 26.3 Å². The molecular weight excluding hydrogens is 367 g/mol. The van der Waals surface area contributed by atoms with Gasteiger partial charge in [-0.3, -0.25) is 4.70 Å². The zero-order chi connectivity index (χ0) is 20.6. The van der Waals surface area contributed by atoms with Crippen LogP contribution in [0.4, 0.5) is 4.70 Å². The fraction of sp³-hybridized carbons (Fsp3) is 0.250. The average Bonchev–Trinajstić information content (AvgIpc) is 2.40. The van der Waals surface area contributed by atoms with Gasteiger partial charge in [-0.1, -0.05) is 26.3 Å². The Bertz CT molecular complexity index is 394.